The van der Waals surface area contributed by atoms with Gasteiger partial charge in [-0.25, -0.2) is 4.98 Å². The maximum atomic E-state index is 11.8. The van der Waals surface area contributed by atoms with E-state index in [1.165, 1.54) is 11.6 Å². The molecule has 1 unspecified atom stereocenters. The average Bonchev–Trinajstić information content (AvgIpc) is 2.54. The average molecular weight is 240 g/mol. The standard InChI is InChI=1S/C7H7F3N2O2S/c8-7(9,10)3-12-4(6(13)14)5-11-1-2-15-5/h1-2,4,12H,3H2,(H,13,14). The van der Waals surface area contributed by atoms with Crippen molar-refractivity contribution in [2.75, 3.05) is 6.54 Å². The van der Waals surface area contributed by atoms with Gasteiger partial charge in [-0.1, -0.05) is 0 Å². The molecule has 0 amide bonds. The quantitative estimate of drug-likeness (QED) is 0.835. The number of nitrogens with one attached hydrogen (secondary N) is 1. The van der Waals surface area contributed by atoms with Crippen LogP contribution in [0.15, 0.2) is 11.6 Å². The van der Waals surface area contributed by atoms with Crippen molar-refractivity contribution in [2.24, 2.45) is 0 Å². The van der Waals surface area contributed by atoms with Gasteiger partial charge in [0.1, 0.15) is 5.01 Å². The van der Waals surface area contributed by atoms with E-state index in [9.17, 15) is 18.0 Å². The molecule has 2 N–H and O–H groups in total. The molecule has 1 atom stereocenters. The summed E-state index contributed by atoms with van der Waals surface area (Å²) in [6.45, 7) is -1.36. The number of rotatable bonds is 4. The van der Waals surface area contributed by atoms with Crippen LogP contribution in [0.25, 0.3) is 0 Å². The van der Waals surface area contributed by atoms with Gasteiger partial charge in [0, 0.05) is 11.6 Å². The number of aliphatic carboxylic acids is 1. The van der Waals surface area contributed by atoms with Crippen LogP contribution in [0.5, 0.6) is 0 Å². The maximum Gasteiger partial charge on any atom is 0.401 e. The van der Waals surface area contributed by atoms with E-state index in [1.54, 1.807) is 0 Å². The number of thiazole rings is 1. The molecule has 4 nitrogen and oxygen atoms in total. The summed E-state index contributed by atoms with van der Waals surface area (Å²) in [5.74, 6) is -1.38. The number of hydrogen-bond donors (Lipinski definition) is 2. The number of nitrogens with zero attached hydrogens (tertiary/aromatic N) is 1. The van der Waals surface area contributed by atoms with Gasteiger partial charge in [0.25, 0.3) is 0 Å². The van der Waals surface area contributed by atoms with Gasteiger partial charge in [-0.15, -0.1) is 11.3 Å². The molecule has 0 aliphatic rings. The van der Waals surface area contributed by atoms with Gasteiger partial charge in [-0.05, 0) is 0 Å². The number of carboxylic acid groups (broad SMARTS) is 1. The third kappa shape index (κ3) is 3.84. The topological polar surface area (TPSA) is 62.2 Å². The highest BCUT2D eigenvalue weighted by Gasteiger charge is 2.31. The first-order chi connectivity index (χ1) is 6.90. The van der Waals surface area contributed by atoms with E-state index in [2.05, 4.69) is 4.98 Å². The van der Waals surface area contributed by atoms with Crippen molar-refractivity contribution in [1.82, 2.24) is 10.3 Å². The van der Waals surface area contributed by atoms with Crippen LogP contribution >= 0.6 is 11.3 Å². The van der Waals surface area contributed by atoms with Crippen molar-refractivity contribution in [2.45, 2.75) is 12.2 Å². The third-order valence-corrected chi connectivity index (χ3v) is 2.29. The van der Waals surface area contributed by atoms with E-state index in [0.29, 0.717) is 0 Å². The van der Waals surface area contributed by atoms with Gasteiger partial charge in [0.05, 0.1) is 6.54 Å². The minimum atomic E-state index is -4.44. The van der Waals surface area contributed by atoms with Crippen LogP contribution < -0.4 is 5.32 Å². The Morgan fingerprint density at radius 3 is 2.73 bits per heavy atom. The number of hydrogen-bond acceptors (Lipinski definition) is 4. The van der Waals surface area contributed by atoms with Crippen molar-refractivity contribution in [3.63, 3.8) is 0 Å². The van der Waals surface area contributed by atoms with E-state index < -0.39 is 24.7 Å². The molecule has 84 valence electrons. The lowest BCUT2D eigenvalue weighted by atomic mass is 10.3. The van der Waals surface area contributed by atoms with E-state index >= 15 is 0 Å². The lowest BCUT2D eigenvalue weighted by molar-refractivity contribution is -0.143. The highest BCUT2D eigenvalue weighted by molar-refractivity contribution is 7.09. The first-order valence-electron chi connectivity index (χ1n) is 3.82. The Kier molecular flexibility index (Phi) is 3.64. The molecule has 0 aromatic carbocycles. The minimum absolute atomic E-state index is 0.103. The summed E-state index contributed by atoms with van der Waals surface area (Å²) in [5, 5.41) is 12.2. The molecule has 0 aliphatic heterocycles. The number of alkyl halides is 3. The smallest absolute Gasteiger partial charge is 0.401 e. The molecule has 0 radical (unpaired) electrons. The molecule has 1 rings (SSSR count). The molecule has 0 bridgehead atoms. The molecule has 0 spiro atoms. The SMILES string of the molecule is O=C(O)C(NCC(F)(F)F)c1nccs1. The van der Waals surface area contributed by atoms with Crippen LogP contribution in [0.2, 0.25) is 0 Å². The van der Waals surface area contributed by atoms with Crippen molar-refractivity contribution in [3.8, 4) is 0 Å². The van der Waals surface area contributed by atoms with Crippen molar-refractivity contribution >= 4 is 17.3 Å². The Labute approximate surface area is 86.8 Å². The second-order valence-electron chi connectivity index (χ2n) is 2.64. The van der Waals surface area contributed by atoms with Gasteiger partial charge in [-0.3, -0.25) is 10.1 Å². The van der Waals surface area contributed by atoms with Gasteiger partial charge < -0.3 is 5.11 Å². The molecule has 0 saturated heterocycles. The monoisotopic (exact) mass is 240 g/mol. The second kappa shape index (κ2) is 4.58. The largest absolute Gasteiger partial charge is 0.480 e. The van der Waals surface area contributed by atoms with E-state index in [4.69, 9.17) is 5.11 Å². The normalized spacial score (nSPS) is 13.8. The van der Waals surface area contributed by atoms with Crippen LogP contribution in [0.1, 0.15) is 11.0 Å². The predicted octanol–water partition coefficient (Wildman–Crippen LogP) is 1.42. The zero-order chi connectivity index (χ0) is 11.5. The van der Waals surface area contributed by atoms with Gasteiger partial charge >= 0.3 is 12.1 Å². The lowest BCUT2D eigenvalue weighted by Gasteiger charge is -2.13. The molecule has 1 heterocycles. The fourth-order valence-corrected chi connectivity index (χ4v) is 1.58. The summed E-state index contributed by atoms with van der Waals surface area (Å²) >= 11 is 0.988. The number of aromatic nitrogens is 1. The van der Waals surface area contributed by atoms with Crippen molar-refractivity contribution in [1.29, 1.82) is 0 Å². The van der Waals surface area contributed by atoms with E-state index in [-0.39, 0.29) is 5.01 Å². The molecule has 8 heteroatoms. The van der Waals surface area contributed by atoms with Crippen LogP contribution in [-0.2, 0) is 4.79 Å². The van der Waals surface area contributed by atoms with E-state index in [0.717, 1.165) is 11.3 Å². The molecule has 0 fully saturated rings. The number of carboxylic acids is 1. The predicted molar refractivity (Wildman–Crippen MR) is 46.5 cm³/mol. The Morgan fingerprint density at radius 1 is 1.67 bits per heavy atom. The molecule has 1 aromatic heterocycles. The van der Waals surface area contributed by atoms with Crippen LogP contribution in [0, 0.1) is 0 Å². The lowest BCUT2D eigenvalue weighted by Crippen LogP contribution is -2.35. The van der Waals surface area contributed by atoms with Crippen LogP contribution in [0.4, 0.5) is 13.2 Å². The summed E-state index contributed by atoms with van der Waals surface area (Å²) < 4.78 is 35.5. The van der Waals surface area contributed by atoms with Crippen LogP contribution in [-0.4, -0.2) is 28.8 Å². The molecule has 15 heavy (non-hydrogen) atoms. The fourth-order valence-electron chi connectivity index (χ4n) is 0.875. The summed E-state index contributed by atoms with van der Waals surface area (Å²) in [5.41, 5.74) is 0. The van der Waals surface area contributed by atoms with E-state index in [1.807, 2.05) is 5.32 Å². The third-order valence-electron chi connectivity index (χ3n) is 1.45. The summed E-state index contributed by atoms with van der Waals surface area (Å²) in [6, 6.07) is -1.41. The Hall–Kier alpha value is -1.15. The number of carbonyl (C=O) groups is 1. The van der Waals surface area contributed by atoms with Gasteiger partial charge in [-0.2, -0.15) is 13.2 Å². The Morgan fingerprint density at radius 2 is 2.33 bits per heavy atom. The maximum absolute atomic E-state index is 11.8. The molecular formula is C7H7F3N2O2S. The molecule has 0 saturated carbocycles. The zero-order valence-electron chi connectivity index (χ0n) is 7.28. The zero-order valence-corrected chi connectivity index (χ0v) is 8.10. The highest BCUT2D eigenvalue weighted by Crippen LogP contribution is 2.19. The molecule has 0 aliphatic carbocycles. The Balaban J connectivity index is 2.65. The summed E-state index contributed by atoms with van der Waals surface area (Å²) in [4.78, 5) is 14.3. The summed E-state index contributed by atoms with van der Waals surface area (Å²) in [6.07, 6.45) is -3.10. The van der Waals surface area contributed by atoms with Crippen molar-refractivity contribution in [3.05, 3.63) is 16.6 Å². The fraction of sp³-hybridized carbons (Fsp3) is 0.429. The second-order valence-corrected chi connectivity index (χ2v) is 3.56. The number of halogens is 3. The van der Waals surface area contributed by atoms with Crippen LogP contribution in [0.3, 0.4) is 0 Å². The minimum Gasteiger partial charge on any atom is -0.480 e. The molecular weight excluding hydrogens is 233 g/mol. The first kappa shape index (κ1) is 11.9. The van der Waals surface area contributed by atoms with Crippen molar-refractivity contribution < 1.29 is 23.1 Å². The Bertz CT molecular complexity index is 325. The van der Waals surface area contributed by atoms with Gasteiger partial charge in [0.15, 0.2) is 6.04 Å². The first-order valence-corrected chi connectivity index (χ1v) is 4.70. The summed E-state index contributed by atoms with van der Waals surface area (Å²) in [7, 11) is 0. The van der Waals surface area contributed by atoms with Gasteiger partial charge in [0.2, 0.25) is 0 Å². The molecule has 1 aromatic rings. The highest BCUT2D eigenvalue weighted by atomic mass is 32.1.